The van der Waals surface area contributed by atoms with Crippen molar-refractivity contribution in [2.24, 2.45) is 46.3 Å². The number of aliphatic hydroxyl groups is 1. The summed E-state index contributed by atoms with van der Waals surface area (Å²) in [6, 6.07) is 0. The molecule has 0 saturated heterocycles. The van der Waals surface area contributed by atoms with Gasteiger partial charge in [0.15, 0.2) is 0 Å². The number of aliphatic hydroxyl groups excluding tert-OH is 1. The highest BCUT2D eigenvalue weighted by atomic mass is 16.4. The lowest BCUT2D eigenvalue weighted by molar-refractivity contribution is -0.168. The van der Waals surface area contributed by atoms with Crippen molar-refractivity contribution < 1.29 is 15.0 Å². The van der Waals surface area contributed by atoms with E-state index in [2.05, 4.69) is 20.8 Å². The van der Waals surface area contributed by atoms with E-state index in [1.165, 1.54) is 51.4 Å². The zero-order chi connectivity index (χ0) is 19.4. The molecular formula is C24H40O3. The molecule has 0 amide bonds. The van der Waals surface area contributed by atoms with Gasteiger partial charge >= 0.3 is 5.97 Å². The molecule has 3 heteroatoms. The van der Waals surface area contributed by atoms with Gasteiger partial charge in [0.05, 0.1) is 6.10 Å². The van der Waals surface area contributed by atoms with Gasteiger partial charge in [0, 0.05) is 6.42 Å². The molecule has 0 bridgehead atoms. The Morgan fingerprint density at radius 1 is 1.07 bits per heavy atom. The number of hydrogen-bond donors (Lipinski definition) is 2. The largest absolute Gasteiger partial charge is 0.481 e. The van der Waals surface area contributed by atoms with Crippen LogP contribution in [0.25, 0.3) is 0 Å². The van der Waals surface area contributed by atoms with Crippen LogP contribution in [0.3, 0.4) is 0 Å². The smallest absolute Gasteiger partial charge is 0.303 e. The van der Waals surface area contributed by atoms with Crippen molar-refractivity contribution in [3.05, 3.63) is 0 Å². The number of carboxylic acid groups (broad SMARTS) is 1. The van der Waals surface area contributed by atoms with Crippen LogP contribution in [0.4, 0.5) is 0 Å². The van der Waals surface area contributed by atoms with E-state index in [9.17, 15) is 9.90 Å². The van der Waals surface area contributed by atoms with E-state index in [0.717, 1.165) is 24.7 Å². The second-order valence-electron chi connectivity index (χ2n) is 11.1. The molecule has 0 aliphatic heterocycles. The van der Waals surface area contributed by atoms with Gasteiger partial charge in [-0.15, -0.1) is 0 Å². The minimum atomic E-state index is -0.686. The second-order valence-corrected chi connectivity index (χ2v) is 11.1. The average molecular weight is 377 g/mol. The molecule has 4 aliphatic carbocycles. The molecule has 9 atom stereocenters. The van der Waals surface area contributed by atoms with Gasteiger partial charge < -0.3 is 10.2 Å². The first-order valence-electron chi connectivity index (χ1n) is 11.7. The summed E-state index contributed by atoms with van der Waals surface area (Å²) in [5.74, 6) is 3.21. The molecule has 5 unspecified atom stereocenters. The van der Waals surface area contributed by atoms with Crippen molar-refractivity contribution >= 4 is 5.97 Å². The molecule has 2 N–H and O–H groups in total. The molecule has 0 aromatic rings. The lowest BCUT2D eigenvalue weighted by Crippen LogP contribution is -2.58. The van der Waals surface area contributed by atoms with Crippen LogP contribution in [0.2, 0.25) is 0 Å². The summed E-state index contributed by atoms with van der Waals surface area (Å²) in [6.07, 6.45) is 12.6. The Kier molecular flexibility index (Phi) is 5.15. The maximum absolute atomic E-state index is 11.5. The fourth-order valence-electron chi connectivity index (χ4n) is 8.77. The van der Waals surface area contributed by atoms with E-state index in [0.29, 0.717) is 29.1 Å². The summed E-state index contributed by atoms with van der Waals surface area (Å²) in [6.45, 7) is 7.16. The van der Waals surface area contributed by atoms with Crippen molar-refractivity contribution in [3.8, 4) is 0 Å². The van der Waals surface area contributed by atoms with Gasteiger partial charge in [-0.25, -0.2) is 0 Å². The molecule has 0 aromatic heterocycles. The van der Waals surface area contributed by atoms with Crippen LogP contribution >= 0.6 is 0 Å². The summed E-state index contributed by atoms with van der Waals surface area (Å²) >= 11 is 0. The third-order valence-electron chi connectivity index (χ3n) is 10.3. The van der Waals surface area contributed by atoms with Crippen molar-refractivity contribution in [1.82, 2.24) is 0 Å². The first-order chi connectivity index (χ1) is 12.8. The van der Waals surface area contributed by atoms with Crippen LogP contribution in [0.1, 0.15) is 91.4 Å². The second kappa shape index (κ2) is 7.04. The number of rotatable bonds is 4. The molecule has 3 nitrogen and oxygen atoms in total. The predicted molar refractivity (Wildman–Crippen MR) is 107 cm³/mol. The normalized spacial score (nSPS) is 50.4. The lowest BCUT2D eigenvalue weighted by Gasteiger charge is -2.62. The molecule has 4 rings (SSSR count). The Morgan fingerprint density at radius 2 is 1.85 bits per heavy atom. The molecule has 0 heterocycles. The fraction of sp³-hybridized carbons (Fsp3) is 0.958. The monoisotopic (exact) mass is 376 g/mol. The van der Waals surface area contributed by atoms with Gasteiger partial charge in [-0.2, -0.15) is 0 Å². The van der Waals surface area contributed by atoms with Gasteiger partial charge in [0.2, 0.25) is 0 Å². The van der Waals surface area contributed by atoms with E-state index in [1.807, 2.05) is 0 Å². The van der Waals surface area contributed by atoms with Crippen LogP contribution in [-0.2, 0) is 4.79 Å². The van der Waals surface area contributed by atoms with Gasteiger partial charge in [0.1, 0.15) is 0 Å². The van der Waals surface area contributed by atoms with Gasteiger partial charge in [-0.3, -0.25) is 4.79 Å². The van der Waals surface area contributed by atoms with Crippen LogP contribution < -0.4 is 0 Å². The predicted octanol–water partition coefficient (Wildman–Crippen LogP) is 5.51. The maximum atomic E-state index is 11.5. The number of hydrogen-bond acceptors (Lipinski definition) is 2. The standard InChI is InChI=1S/C24H40O3/c1-15(7-12-22(26)27)18-10-11-19-17-9-8-16-6-4-5-13-23(16,2)20(17)14-21(25)24(18,19)3/h15-21,25H,4-14H2,1-3H3,(H,26,27)/t15?,16-,17?,18+,19?,20?,21?,23-,24+/m0/s1. The highest BCUT2D eigenvalue weighted by molar-refractivity contribution is 5.66. The Balaban J connectivity index is 1.57. The molecule has 4 aliphatic rings. The molecule has 0 aromatic carbocycles. The van der Waals surface area contributed by atoms with Crippen molar-refractivity contribution in [3.63, 3.8) is 0 Å². The Bertz CT molecular complexity index is 574. The Morgan fingerprint density at radius 3 is 2.59 bits per heavy atom. The van der Waals surface area contributed by atoms with E-state index in [1.54, 1.807) is 0 Å². The SMILES string of the molecule is CC(CCC(=O)O)[C@H]1CCC2C3CC[C@@H]4CCCC[C@]4(C)C3CC(O)[C@@]21C. The highest BCUT2D eigenvalue weighted by Gasteiger charge is 2.63. The quantitative estimate of drug-likeness (QED) is 0.680. The van der Waals surface area contributed by atoms with Gasteiger partial charge in [-0.05, 0) is 97.7 Å². The molecule has 27 heavy (non-hydrogen) atoms. The topological polar surface area (TPSA) is 57.5 Å². The van der Waals surface area contributed by atoms with Gasteiger partial charge in [0.25, 0.3) is 0 Å². The molecule has 0 radical (unpaired) electrons. The van der Waals surface area contributed by atoms with Crippen molar-refractivity contribution in [2.45, 2.75) is 97.5 Å². The minimum absolute atomic E-state index is 0.00303. The number of fused-ring (bicyclic) bond motifs is 5. The molecule has 0 spiro atoms. The highest BCUT2D eigenvalue weighted by Crippen LogP contribution is 2.68. The molecule has 154 valence electrons. The van der Waals surface area contributed by atoms with Crippen LogP contribution in [0.5, 0.6) is 0 Å². The third-order valence-corrected chi connectivity index (χ3v) is 10.3. The van der Waals surface area contributed by atoms with E-state index >= 15 is 0 Å². The Hall–Kier alpha value is -0.570. The summed E-state index contributed by atoms with van der Waals surface area (Å²) in [4.78, 5) is 11.1. The Labute approximate surface area is 165 Å². The first-order valence-corrected chi connectivity index (χ1v) is 11.7. The summed E-state index contributed by atoms with van der Waals surface area (Å²) < 4.78 is 0. The third kappa shape index (κ3) is 2.98. The van der Waals surface area contributed by atoms with Crippen molar-refractivity contribution in [1.29, 1.82) is 0 Å². The van der Waals surface area contributed by atoms with E-state index in [-0.39, 0.29) is 17.9 Å². The summed E-state index contributed by atoms with van der Waals surface area (Å²) in [7, 11) is 0. The zero-order valence-corrected chi connectivity index (χ0v) is 17.6. The van der Waals surface area contributed by atoms with Crippen LogP contribution in [-0.4, -0.2) is 22.3 Å². The van der Waals surface area contributed by atoms with E-state index in [4.69, 9.17) is 5.11 Å². The maximum Gasteiger partial charge on any atom is 0.303 e. The molecule has 4 fully saturated rings. The molecular weight excluding hydrogens is 336 g/mol. The first kappa shape index (κ1) is 19.7. The van der Waals surface area contributed by atoms with Crippen molar-refractivity contribution in [2.75, 3.05) is 0 Å². The zero-order valence-electron chi connectivity index (χ0n) is 17.6. The van der Waals surface area contributed by atoms with Crippen LogP contribution in [0, 0.1) is 46.3 Å². The lowest BCUT2D eigenvalue weighted by atomic mass is 9.44. The van der Waals surface area contributed by atoms with Crippen LogP contribution in [0.15, 0.2) is 0 Å². The summed E-state index contributed by atoms with van der Waals surface area (Å²) in [5.41, 5.74) is 0.452. The minimum Gasteiger partial charge on any atom is -0.481 e. The number of aliphatic carboxylic acids is 1. The molecule has 4 saturated carbocycles. The van der Waals surface area contributed by atoms with Gasteiger partial charge in [-0.1, -0.05) is 33.6 Å². The number of carbonyl (C=O) groups is 1. The summed E-state index contributed by atoms with van der Waals surface area (Å²) in [5, 5.41) is 20.6. The average Bonchev–Trinajstić information content (AvgIpc) is 2.99. The van der Waals surface area contributed by atoms with E-state index < -0.39 is 5.97 Å². The fourth-order valence-corrected chi connectivity index (χ4v) is 8.77. The number of carboxylic acids is 1.